The summed E-state index contributed by atoms with van der Waals surface area (Å²) in [6, 6.07) is 6.84. The van der Waals surface area contributed by atoms with Gasteiger partial charge in [0.1, 0.15) is 15.7 Å². The summed E-state index contributed by atoms with van der Waals surface area (Å²) >= 11 is 1.23. The number of para-hydroxylation sites is 1. The van der Waals surface area contributed by atoms with Gasteiger partial charge < -0.3 is 25.6 Å². The highest BCUT2D eigenvalue weighted by Crippen LogP contribution is 2.40. The zero-order valence-corrected chi connectivity index (χ0v) is 21.9. The fraction of sp³-hybridized carbons (Fsp3) is 0.292. The Morgan fingerprint density at radius 3 is 2.47 bits per heavy atom. The molecule has 0 spiro atoms. The highest BCUT2D eigenvalue weighted by Gasteiger charge is 2.30. The Kier molecular flexibility index (Phi) is 7.82. The minimum atomic E-state index is -1.96. The van der Waals surface area contributed by atoms with Crippen LogP contribution in [0.15, 0.2) is 36.7 Å². The van der Waals surface area contributed by atoms with Crippen molar-refractivity contribution in [2.75, 3.05) is 31.8 Å². The van der Waals surface area contributed by atoms with Gasteiger partial charge in [-0.2, -0.15) is 0 Å². The van der Waals surface area contributed by atoms with E-state index >= 15 is 0 Å². The molecule has 0 bridgehead atoms. The van der Waals surface area contributed by atoms with Crippen LogP contribution in [0.25, 0.3) is 10.6 Å². The van der Waals surface area contributed by atoms with E-state index in [1.165, 1.54) is 41.8 Å². The molecule has 0 aliphatic heterocycles. The molecule has 1 aromatic carbocycles. The van der Waals surface area contributed by atoms with Crippen molar-refractivity contribution >= 4 is 69.8 Å². The number of hydrogen-bond donors (Lipinski definition) is 3. The first kappa shape index (κ1) is 27.2. The molecule has 1 aliphatic rings. The fourth-order valence-corrected chi connectivity index (χ4v) is 4.49. The van der Waals surface area contributed by atoms with Crippen LogP contribution in [0.4, 0.5) is 17.2 Å². The number of hydrogen-bond acceptors (Lipinski definition) is 8. The van der Waals surface area contributed by atoms with Crippen molar-refractivity contribution in [1.29, 1.82) is 0 Å². The first-order chi connectivity index (χ1) is 18.0. The second-order valence-electron chi connectivity index (χ2n) is 9.01. The molecular formula is C24H23B3N6O4S. The van der Waals surface area contributed by atoms with Gasteiger partial charge in [0.25, 0.3) is 11.8 Å². The molecule has 0 unspecified atom stereocenters. The van der Waals surface area contributed by atoms with Gasteiger partial charge in [-0.25, -0.2) is 9.97 Å². The number of anilines is 3. The summed E-state index contributed by atoms with van der Waals surface area (Å²) < 4.78 is 5.70. The molecule has 3 amide bonds. The summed E-state index contributed by atoms with van der Waals surface area (Å²) in [5.41, 5.74) is 1.47. The second-order valence-corrected chi connectivity index (χ2v) is 10.0. The quantitative estimate of drug-likeness (QED) is 0.365. The van der Waals surface area contributed by atoms with Gasteiger partial charge in [-0.15, -0.1) is 11.3 Å². The van der Waals surface area contributed by atoms with Crippen LogP contribution in [0.2, 0.25) is 0 Å². The topological polar surface area (TPSA) is 126 Å². The molecule has 1 saturated carbocycles. The maximum atomic E-state index is 12.9. The zero-order valence-electron chi connectivity index (χ0n) is 21.1. The Bertz CT molecular complexity index is 1390. The predicted octanol–water partition coefficient (Wildman–Crippen LogP) is 1.85. The van der Waals surface area contributed by atoms with Crippen molar-refractivity contribution in [3.05, 3.63) is 47.1 Å². The van der Waals surface area contributed by atoms with Crippen LogP contribution in [0.5, 0.6) is 5.75 Å². The molecule has 2 heterocycles. The number of benzene rings is 1. The van der Waals surface area contributed by atoms with E-state index in [0.29, 0.717) is 26.9 Å². The Hall–Kier alpha value is -3.80. The first-order valence-electron chi connectivity index (χ1n) is 11.6. The largest absolute Gasteiger partial charge is 0.494 e. The minimum Gasteiger partial charge on any atom is -0.494 e. The predicted molar refractivity (Wildman–Crippen MR) is 148 cm³/mol. The van der Waals surface area contributed by atoms with Gasteiger partial charge in [0, 0.05) is 32.3 Å². The summed E-state index contributed by atoms with van der Waals surface area (Å²) in [5.74, 6) is -0.356. The average molecular weight is 524 g/mol. The van der Waals surface area contributed by atoms with Gasteiger partial charge in [-0.3, -0.25) is 14.4 Å². The van der Waals surface area contributed by atoms with E-state index < -0.39 is 11.1 Å². The maximum Gasteiger partial charge on any atom is 0.265 e. The summed E-state index contributed by atoms with van der Waals surface area (Å²) in [5, 5.41) is 6.84. The molecule has 2 aromatic heterocycles. The molecule has 10 nitrogen and oxygen atoms in total. The lowest BCUT2D eigenvalue weighted by molar-refractivity contribution is -0.117. The monoisotopic (exact) mass is 524 g/mol. The lowest BCUT2D eigenvalue weighted by Crippen LogP contribution is -2.50. The lowest BCUT2D eigenvalue weighted by atomic mass is 9.49. The standard InChI is InChI=1S/C24H23B3N6O4S/c1-33(2)23(36)17-11-29-22(38-17)13-5-4-6-15(19(13)37-3)30-16-9-18(31-20(34)12-7-8-12)28-10-14(16)21(35)32-24(25,26)27/h4-6,9-12H,7-8H2,1-3H3,(H,32,35)(H2,28,30,31,34). The van der Waals surface area contributed by atoms with Crippen LogP contribution < -0.4 is 20.7 Å². The zero-order chi connectivity index (χ0) is 27.6. The molecule has 188 valence electrons. The Labute approximate surface area is 228 Å². The first-order valence-corrected chi connectivity index (χ1v) is 12.4. The van der Waals surface area contributed by atoms with Gasteiger partial charge in [-0.1, -0.05) is 11.3 Å². The lowest BCUT2D eigenvalue weighted by Gasteiger charge is -2.23. The summed E-state index contributed by atoms with van der Waals surface area (Å²) in [6.45, 7) is 0. The molecule has 0 saturated heterocycles. The number of thiazole rings is 1. The maximum absolute atomic E-state index is 12.9. The average Bonchev–Trinajstić information content (AvgIpc) is 3.59. The number of pyridine rings is 1. The Morgan fingerprint density at radius 1 is 1.11 bits per heavy atom. The minimum absolute atomic E-state index is 0.0390. The van der Waals surface area contributed by atoms with Crippen LogP contribution in [0.3, 0.4) is 0 Å². The molecule has 6 radical (unpaired) electrons. The Balaban J connectivity index is 1.71. The van der Waals surface area contributed by atoms with E-state index in [-0.39, 0.29) is 34.8 Å². The van der Waals surface area contributed by atoms with Crippen LogP contribution >= 0.6 is 11.3 Å². The van der Waals surface area contributed by atoms with Gasteiger partial charge in [0.2, 0.25) is 5.91 Å². The van der Waals surface area contributed by atoms with Crippen LogP contribution in [0, 0.1) is 5.92 Å². The van der Waals surface area contributed by atoms with E-state index in [1.54, 1.807) is 32.3 Å². The van der Waals surface area contributed by atoms with Crippen molar-refractivity contribution in [2.45, 2.75) is 18.1 Å². The fourth-order valence-electron chi connectivity index (χ4n) is 3.53. The molecular weight excluding hydrogens is 501 g/mol. The van der Waals surface area contributed by atoms with Crippen LogP contribution in [-0.2, 0) is 4.79 Å². The van der Waals surface area contributed by atoms with Gasteiger partial charge >= 0.3 is 0 Å². The van der Waals surface area contributed by atoms with E-state index in [1.807, 2.05) is 0 Å². The van der Waals surface area contributed by atoms with Crippen LogP contribution in [0.1, 0.15) is 32.9 Å². The van der Waals surface area contributed by atoms with Crippen molar-refractivity contribution in [3.8, 4) is 16.3 Å². The molecule has 1 fully saturated rings. The third kappa shape index (κ3) is 6.36. The number of rotatable bonds is 9. The van der Waals surface area contributed by atoms with E-state index in [0.717, 1.165) is 12.8 Å². The van der Waals surface area contributed by atoms with Crippen LogP contribution in [-0.4, -0.2) is 82.6 Å². The summed E-state index contributed by atoms with van der Waals surface area (Å²) in [4.78, 5) is 48.1. The number of amides is 3. The van der Waals surface area contributed by atoms with Crippen molar-refractivity contribution < 1.29 is 19.1 Å². The molecule has 0 atom stereocenters. The highest BCUT2D eigenvalue weighted by atomic mass is 32.1. The smallest absolute Gasteiger partial charge is 0.265 e. The van der Waals surface area contributed by atoms with E-state index in [2.05, 4.69) is 25.9 Å². The normalized spacial score (nSPS) is 12.9. The van der Waals surface area contributed by atoms with E-state index in [4.69, 9.17) is 28.3 Å². The number of ether oxygens (including phenoxy) is 1. The summed E-state index contributed by atoms with van der Waals surface area (Å²) in [7, 11) is 21.5. The molecule has 4 rings (SSSR count). The number of aromatic nitrogens is 2. The van der Waals surface area contributed by atoms with Crippen molar-refractivity contribution in [2.24, 2.45) is 5.92 Å². The molecule has 38 heavy (non-hydrogen) atoms. The number of nitrogens with zero attached hydrogens (tertiary/aromatic N) is 3. The van der Waals surface area contributed by atoms with E-state index in [9.17, 15) is 14.4 Å². The van der Waals surface area contributed by atoms with Crippen molar-refractivity contribution in [3.63, 3.8) is 0 Å². The molecule has 3 aromatic rings. The summed E-state index contributed by atoms with van der Waals surface area (Å²) in [6.07, 6.45) is 4.44. The number of carbonyl (C=O) groups excluding carboxylic acids is 3. The Morgan fingerprint density at radius 2 is 1.84 bits per heavy atom. The second kappa shape index (κ2) is 10.9. The number of methoxy groups -OCH3 is 1. The third-order valence-corrected chi connectivity index (χ3v) is 6.54. The SMILES string of the molecule is [B]C([B])([B])NC(=O)c1cnc(NC(=O)C2CC2)cc1Nc1cccc(-c2ncc(C(=O)N(C)C)s2)c1OC. The molecule has 3 N–H and O–H groups in total. The highest BCUT2D eigenvalue weighted by molar-refractivity contribution is 7.17. The number of carbonyl (C=O) groups is 3. The van der Waals surface area contributed by atoms with Gasteiger partial charge in [0.05, 0.1) is 59.3 Å². The third-order valence-electron chi connectivity index (χ3n) is 5.52. The van der Waals surface area contributed by atoms with Gasteiger partial charge in [-0.05, 0) is 25.0 Å². The molecule has 1 aliphatic carbocycles. The van der Waals surface area contributed by atoms with Crippen molar-refractivity contribution in [1.82, 2.24) is 20.2 Å². The number of nitrogens with one attached hydrogen (secondary N) is 3. The molecule has 14 heteroatoms. The van der Waals surface area contributed by atoms with Gasteiger partial charge in [0.15, 0.2) is 5.75 Å².